The van der Waals surface area contributed by atoms with Crippen LogP contribution in [-0.4, -0.2) is 23.9 Å². The molecule has 1 N–H and O–H groups in total. The number of hydrogen-bond acceptors (Lipinski definition) is 2. The monoisotopic (exact) mass is 355 g/mol. The van der Waals surface area contributed by atoms with Gasteiger partial charge in [-0.2, -0.15) is 13.2 Å². The third-order valence-electron chi connectivity index (χ3n) is 4.72. The van der Waals surface area contributed by atoms with Gasteiger partial charge in [-0.1, -0.05) is 57.9 Å². The van der Waals surface area contributed by atoms with Crippen LogP contribution in [0, 0.1) is 5.92 Å². The summed E-state index contributed by atoms with van der Waals surface area (Å²) in [5.41, 5.74) is 1.10. The highest BCUT2D eigenvalue weighted by Crippen LogP contribution is 2.37. The molecular formula is C19H24F3NO2. The number of ketones is 1. The Labute approximate surface area is 146 Å². The van der Waals surface area contributed by atoms with Crippen molar-refractivity contribution < 1.29 is 22.8 Å². The van der Waals surface area contributed by atoms with Gasteiger partial charge in [0.2, 0.25) is 5.78 Å². The lowest BCUT2D eigenvalue weighted by molar-refractivity contribution is -0.189. The molecule has 1 fully saturated rings. The van der Waals surface area contributed by atoms with Crippen LogP contribution >= 0.6 is 0 Å². The number of carbonyl (C=O) groups is 2. The van der Waals surface area contributed by atoms with E-state index in [0.717, 1.165) is 5.56 Å². The van der Waals surface area contributed by atoms with Gasteiger partial charge >= 0.3 is 6.18 Å². The minimum Gasteiger partial charge on any atom is -0.346 e. The fraction of sp³-hybridized carbons (Fsp3) is 0.579. The standard InChI is InChI=1S/C19H24F3NO2/c1-18(2,3)13-10-8-12(9-11-13)16(24)17(25)23-15-7-5-4-6-14(15)19(20,21)22/h8-11,14-15H,4-7H2,1-3H3,(H,23,25). The van der Waals surface area contributed by atoms with Gasteiger partial charge in [0.15, 0.2) is 0 Å². The average molecular weight is 355 g/mol. The minimum atomic E-state index is -4.37. The van der Waals surface area contributed by atoms with Gasteiger partial charge in [-0.05, 0) is 23.8 Å². The molecule has 0 saturated heterocycles. The van der Waals surface area contributed by atoms with E-state index in [-0.39, 0.29) is 23.8 Å². The van der Waals surface area contributed by atoms with E-state index in [2.05, 4.69) is 5.32 Å². The van der Waals surface area contributed by atoms with Crippen molar-refractivity contribution in [1.29, 1.82) is 0 Å². The molecule has 1 aromatic rings. The Morgan fingerprint density at radius 3 is 2.08 bits per heavy atom. The number of Topliss-reactive ketones (excluding diaryl/α,β-unsaturated/α-hetero) is 1. The van der Waals surface area contributed by atoms with Crippen LogP contribution in [0.4, 0.5) is 13.2 Å². The van der Waals surface area contributed by atoms with Crippen molar-refractivity contribution in [1.82, 2.24) is 5.32 Å². The number of alkyl halides is 3. The predicted octanol–water partition coefficient (Wildman–Crippen LogP) is 4.40. The first-order chi connectivity index (χ1) is 11.5. The molecule has 138 valence electrons. The molecule has 25 heavy (non-hydrogen) atoms. The van der Waals surface area contributed by atoms with Gasteiger partial charge in [0, 0.05) is 11.6 Å². The summed E-state index contributed by atoms with van der Waals surface area (Å²) in [6, 6.07) is 5.59. The number of benzene rings is 1. The zero-order valence-electron chi connectivity index (χ0n) is 14.7. The van der Waals surface area contributed by atoms with Crippen LogP contribution in [0.2, 0.25) is 0 Å². The van der Waals surface area contributed by atoms with E-state index in [1.165, 1.54) is 0 Å². The molecule has 3 nitrogen and oxygen atoms in total. The predicted molar refractivity (Wildman–Crippen MR) is 89.4 cm³/mol. The summed E-state index contributed by atoms with van der Waals surface area (Å²) in [5.74, 6) is -3.35. The number of hydrogen-bond donors (Lipinski definition) is 1. The maximum absolute atomic E-state index is 13.1. The summed E-state index contributed by atoms with van der Waals surface area (Å²) in [7, 11) is 0. The summed E-state index contributed by atoms with van der Waals surface area (Å²) in [6.45, 7) is 6.07. The molecule has 0 aromatic heterocycles. The van der Waals surface area contributed by atoms with E-state index in [4.69, 9.17) is 0 Å². The van der Waals surface area contributed by atoms with E-state index in [0.29, 0.717) is 12.8 Å². The summed E-state index contributed by atoms with van der Waals surface area (Å²) >= 11 is 0. The maximum Gasteiger partial charge on any atom is 0.393 e. The van der Waals surface area contributed by atoms with Crippen molar-refractivity contribution >= 4 is 11.7 Å². The highest BCUT2D eigenvalue weighted by Gasteiger charge is 2.46. The zero-order valence-corrected chi connectivity index (χ0v) is 14.7. The molecule has 1 amide bonds. The van der Waals surface area contributed by atoms with Gasteiger partial charge < -0.3 is 5.32 Å². The number of halogens is 3. The lowest BCUT2D eigenvalue weighted by atomic mass is 9.83. The summed E-state index contributed by atoms with van der Waals surface area (Å²) in [6.07, 6.45) is -3.03. The number of amides is 1. The van der Waals surface area contributed by atoms with Crippen LogP contribution in [0.1, 0.15) is 62.4 Å². The van der Waals surface area contributed by atoms with Crippen molar-refractivity contribution in [2.75, 3.05) is 0 Å². The molecule has 6 heteroatoms. The number of nitrogens with one attached hydrogen (secondary N) is 1. The highest BCUT2D eigenvalue weighted by molar-refractivity contribution is 6.42. The van der Waals surface area contributed by atoms with Gasteiger partial charge in [-0.25, -0.2) is 0 Å². The second-order valence-electron chi connectivity index (χ2n) is 7.67. The zero-order chi connectivity index (χ0) is 18.8. The number of rotatable bonds is 3. The summed E-state index contributed by atoms with van der Waals surface area (Å²) in [4.78, 5) is 24.4. The van der Waals surface area contributed by atoms with Crippen LogP contribution in [-0.2, 0) is 10.2 Å². The third kappa shape index (κ3) is 4.83. The summed E-state index contributed by atoms with van der Waals surface area (Å²) in [5, 5.41) is 2.31. The fourth-order valence-corrected chi connectivity index (χ4v) is 3.18. The van der Waals surface area contributed by atoms with Gasteiger partial charge in [-0.15, -0.1) is 0 Å². The first-order valence-electron chi connectivity index (χ1n) is 8.52. The van der Waals surface area contributed by atoms with Gasteiger partial charge in [0.25, 0.3) is 5.91 Å². The van der Waals surface area contributed by atoms with E-state index >= 15 is 0 Å². The Balaban J connectivity index is 2.08. The minimum absolute atomic E-state index is 0.0110. The molecule has 1 aliphatic carbocycles. The molecule has 1 saturated carbocycles. The van der Waals surface area contributed by atoms with E-state index in [9.17, 15) is 22.8 Å². The Morgan fingerprint density at radius 1 is 1.00 bits per heavy atom. The van der Waals surface area contributed by atoms with E-state index in [1.54, 1.807) is 24.3 Å². The Bertz CT molecular complexity index is 630. The topological polar surface area (TPSA) is 46.2 Å². The lowest BCUT2D eigenvalue weighted by Gasteiger charge is -2.33. The SMILES string of the molecule is CC(C)(C)c1ccc(C(=O)C(=O)NC2CCCCC2C(F)(F)F)cc1. The van der Waals surface area contributed by atoms with Crippen LogP contribution in [0.5, 0.6) is 0 Å². The normalized spacial score (nSPS) is 21.7. The molecule has 0 spiro atoms. The van der Waals surface area contributed by atoms with Crippen LogP contribution < -0.4 is 5.32 Å². The molecule has 2 atom stereocenters. The molecule has 0 bridgehead atoms. The lowest BCUT2D eigenvalue weighted by Crippen LogP contribution is -2.49. The Morgan fingerprint density at radius 2 is 1.56 bits per heavy atom. The van der Waals surface area contributed by atoms with Gasteiger partial charge in [-0.3, -0.25) is 9.59 Å². The van der Waals surface area contributed by atoms with Crippen molar-refractivity contribution in [3.63, 3.8) is 0 Å². The first kappa shape index (κ1) is 19.5. The Kier molecular flexibility index (Phi) is 5.59. The third-order valence-corrected chi connectivity index (χ3v) is 4.72. The second-order valence-corrected chi connectivity index (χ2v) is 7.67. The molecular weight excluding hydrogens is 331 g/mol. The molecule has 0 heterocycles. The molecule has 2 rings (SSSR count). The molecule has 2 unspecified atom stereocenters. The van der Waals surface area contributed by atoms with E-state index in [1.807, 2.05) is 20.8 Å². The first-order valence-corrected chi connectivity index (χ1v) is 8.52. The quantitative estimate of drug-likeness (QED) is 0.645. The van der Waals surface area contributed by atoms with Crippen LogP contribution in [0.3, 0.4) is 0 Å². The maximum atomic E-state index is 13.1. The highest BCUT2D eigenvalue weighted by atomic mass is 19.4. The van der Waals surface area contributed by atoms with Gasteiger partial charge in [0.05, 0.1) is 5.92 Å². The van der Waals surface area contributed by atoms with Crippen molar-refractivity contribution in [3.8, 4) is 0 Å². The molecule has 1 aliphatic rings. The molecule has 0 radical (unpaired) electrons. The average Bonchev–Trinajstić information content (AvgIpc) is 2.53. The smallest absolute Gasteiger partial charge is 0.346 e. The van der Waals surface area contributed by atoms with Gasteiger partial charge in [0.1, 0.15) is 0 Å². The van der Waals surface area contributed by atoms with Crippen LogP contribution in [0.15, 0.2) is 24.3 Å². The van der Waals surface area contributed by atoms with Crippen molar-refractivity contribution in [2.45, 2.75) is 64.1 Å². The second kappa shape index (κ2) is 7.18. The van der Waals surface area contributed by atoms with E-state index < -0.39 is 29.8 Å². The molecule has 0 aliphatic heterocycles. The summed E-state index contributed by atoms with van der Waals surface area (Å²) < 4.78 is 39.3. The van der Waals surface area contributed by atoms with Crippen molar-refractivity contribution in [3.05, 3.63) is 35.4 Å². The Hall–Kier alpha value is -1.85. The molecule has 1 aromatic carbocycles. The van der Waals surface area contributed by atoms with Crippen molar-refractivity contribution in [2.24, 2.45) is 5.92 Å². The fourth-order valence-electron chi connectivity index (χ4n) is 3.18. The van der Waals surface area contributed by atoms with Crippen LogP contribution in [0.25, 0.3) is 0 Å². The number of carbonyl (C=O) groups excluding carboxylic acids is 2. The largest absolute Gasteiger partial charge is 0.393 e.